The van der Waals surface area contributed by atoms with E-state index in [0.29, 0.717) is 26.2 Å². The third-order valence-electron chi connectivity index (χ3n) is 3.47. The molecule has 0 aliphatic carbocycles. The number of carbonyl (C=O) groups is 1. The number of nitrogens with zero attached hydrogens (tertiary/aromatic N) is 2. The van der Waals surface area contributed by atoms with Gasteiger partial charge in [0.1, 0.15) is 0 Å². The highest BCUT2D eigenvalue weighted by Crippen LogP contribution is 2.16. The molecule has 1 aliphatic heterocycles. The largest absolute Gasteiger partial charge is 0.378 e. The minimum Gasteiger partial charge on any atom is -0.378 e. The van der Waals surface area contributed by atoms with E-state index in [2.05, 4.69) is 29.5 Å². The normalized spacial score (nSPS) is 17.2. The fourth-order valence-corrected chi connectivity index (χ4v) is 3.00. The van der Waals surface area contributed by atoms with Gasteiger partial charge in [0.25, 0.3) is 0 Å². The van der Waals surface area contributed by atoms with Gasteiger partial charge in [0.2, 0.25) is 5.91 Å². The molecule has 5 nitrogen and oxygen atoms in total. The summed E-state index contributed by atoms with van der Waals surface area (Å²) in [7, 11) is 0. The van der Waals surface area contributed by atoms with Crippen LogP contribution in [0.2, 0.25) is 0 Å². The molecular weight excluding hydrogens is 274 g/mol. The maximum Gasteiger partial charge on any atom is 0.224 e. The second-order valence-corrected chi connectivity index (χ2v) is 5.88. The lowest BCUT2D eigenvalue weighted by molar-refractivity contribution is -0.135. The van der Waals surface area contributed by atoms with E-state index in [0.717, 1.165) is 30.2 Å². The van der Waals surface area contributed by atoms with E-state index < -0.39 is 0 Å². The SMILES string of the molecule is CCc1nc([C@@H](C)NCCC(=O)N2CCOCC2)cs1. The number of hydrogen-bond donors (Lipinski definition) is 1. The molecule has 6 heteroatoms. The standard InChI is InChI=1S/C14H23N3O2S/c1-3-13-16-12(10-20-13)11(2)15-5-4-14(18)17-6-8-19-9-7-17/h10-11,15H,3-9H2,1-2H3/t11-/m1/s1. The molecule has 112 valence electrons. The summed E-state index contributed by atoms with van der Waals surface area (Å²) in [5, 5.41) is 6.63. The van der Waals surface area contributed by atoms with E-state index in [9.17, 15) is 4.79 Å². The van der Waals surface area contributed by atoms with E-state index >= 15 is 0 Å². The van der Waals surface area contributed by atoms with Crippen molar-refractivity contribution in [3.8, 4) is 0 Å². The van der Waals surface area contributed by atoms with Gasteiger partial charge in [-0.2, -0.15) is 0 Å². The van der Waals surface area contributed by atoms with Gasteiger partial charge in [0.05, 0.1) is 23.9 Å². The Labute approximate surface area is 124 Å². The Morgan fingerprint density at radius 3 is 2.95 bits per heavy atom. The molecule has 2 rings (SSSR count). The lowest BCUT2D eigenvalue weighted by Gasteiger charge is -2.27. The van der Waals surface area contributed by atoms with E-state index in [-0.39, 0.29) is 11.9 Å². The van der Waals surface area contributed by atoms with Crippen LogP contribution in [-0.4, -0.2) is 48.6 Å². The van der Waals surface area contributed by atoms with Gasteiger partial charge in [-0.15, -0.1) is 11.3 Å². The average molecular weight is 297 g/mol. The minimum absolute atomic E-state index is 0.198. The van der Waals surface area contributed by atoms with Crippen molar-refractivity contribution in [3.63, 3.8) is 0 Å². The topological polar surface area (TPSA) is 54.5 Å². The quantitative estimate of drug-likeness (QED) is 0.866. The van der Waals surface area contributed by atoms with Crippen LogP contribution in [0.5, 0.6) is 0 Å². The second kappa shape index (κ2) is 7.71. The Balaban J connectivity index is 1.70. The first-order valence-corrected chi connectivity index (χ1v) is 8.12. The Morgan fingerprint density at radius 2 is 2.30 bits per heavy atom. The first-order chi connectivity index (χ1) is 9.70. The second-order valence-electron chi connectivity index (χ2n) is 4.94. The van der Waals surface area contributed by atoms with Crippen LogP contribution >= 0.6 is 11.3 Å². The molecule has 1 saturated heterocycles. The molecule has 1 aromatic heterocycles. The number of thiazole rings is 1. The Bertz CT molecular complexity index is 430. The number of rotatable bonds is 6. The summed E-state index contributed by atoms with van der Waals surface area (Å²) in [6.45, 7) is 7.66. The third kappa shape index (κ3) is 4.26. The lowest BCUT2D eigenvalue weighted by Crippen LogP contribution is -2.41. The highest BCUT2D eigenvalue weighted by Gasteiger charge is 2.16. The van der Waals surface area contributed by atoms with E-state index in [1.165, 1.54) is 0 Å². The van der Waals surface area contributed by atoms with Crippen molar-refractivity contribution < 1.29 is 9.53 Å². The maximum absolute atomic E-state index is 12.0. The number of hydrogen-bond acceptors (Lipinski definition) is 5. The number of morpholine rings is 1. The average Bonchev–Trinajstić information content (AvgIpc) is 2.97. The third-order valence-corrected chi connectivity index (χ3v) is 4.48. The molecule has 20 heavy (non-hydrogen) atoms. The fraction of sp³-hybridized carbons (Fsp3) is 0.714. The number of nitrogens with one attached hydrogen (secondary N) is 1. The molecule has 0 unspecified atom stereocenters. The van der Waals surface area contributed by atoms with Gasteiger partial charge in [0.15, 0.2) is 0 Å². The van der Waals surface area contributed by atoms with Gasteiger partial charge in [-0.25, -0.2) is 4.98 Å². The van der Waals surface area contributed by atoms with Crippen LogP contribution in [0.3, 0.4) is 0 Å². The molecule has 0 spiro atoms. The van der Waals surface area contributed by atoms with Crippen molar-refractivity contribution >= 4 is 17.2 Å². The molecule has 1 fully saturated rings. The van der Waals surface area contributed by atoms with Crippen molar-refractivity contribution in [2.75, 3.05) is 32.8 Å². The van der Waals surface area contributed by atoms with Crippen LogP contribution < -0.4 is 5.32 Å². The number of carbonyl (C=O) groups excluding carboxylic acids is 1. The van der Waals surface area contributed by atoms with Crippen LogP contribution in [0, 0.1) is 0 Å². The highest BCUT2D eigenvalue weighted by atomic mass is 32.1. The molecule has 1 N–H and O–H groups in total. The van der Waals surface area contributed by atoms with Crippen LogP contribution in [0.25, 0.3) is 0 Å². The predicted molar refractivity (Wildman–Crippen MR) is 79.9 cm³/mol. The molecule has 1 amide bonds. The minimum atomic E-state index is 0.198. The van der Waals surface area contributed by atoms with Crippen molar-refractivity contribution in [2.24, 2.45) is 0 Å². The Kier molecular flexibility index (Phi) is 5.94. The fourth-order valence-electron chi connectivity index (χ4n) is 2.16. The first-order valence-electron chi connectivity index (χ1n) is 7.24. The van der Waals surface area contributed by atoms with Crippen LogP contribution in [-0.2, 0) is 16.0 Å². The summed E-state index contributed by atoms with van der Waals surface area (Å²) in [6, 6.07) is 0.198. The summed E-state index contributed by atoms with van der Waals surface area (Å²) in [6.07, 6.45) is 1.52. The molecule has 1 aliphatic rings. The summed E-state index contributed by atoms with van der Waals surface area (Å²) >= 11 is 1.70. The van der Waals surface area contributed by atoms with Crippen LogP contribution in [0.15, 0.2) is 5.38 Å². The van der Waals surface area contributed by atoms with Crippen molar-refractivity contribution in [1.29, 1.82) is 0 Å². The van der Waals surface area contributed by atoms with Gasteiger partial charge >= 0.3 is 0 Å². The van der Waals surface area contributed by atoms with E-state index in [1.54, 1.807) is 11.3 Å². The monoisotopic (exact) mass is 297 g/mol. The van der Waals surface area contributed by atoms with Gasteiger partial charge in [0, 0.05) is 37.5 Å². The first kappa shape index (κ1) is 15.4. The van der Waals surface area contributed by atoms with Gasteiger partial charge < -0.3 is 15.0 Å². The maximum atomic E-state index is 12.0. The zero-order valence-electron chi connectivity index (χ0n) is 12.2. The molecule has 1 aromatic rings. The zero-order chi connectivity index (χ0) is 14.4. The number of amides is 1. The predicted octanol–water partition coefficient (Wildman–Crippen LogP) is 1.60. The van der Waals surface area contributed by atoms with Gasteiger partial charge in [-0.3, -0.25) is 4.79 Å². The van der Waals surface area contributed by atoms with E-state index in [1.807, 2.05) is 4.90 Å². The summed E-state index contributed by atoms with van der Waals surface area (Å²) in [5.74, 6) is 0.209. The zero-order valence-corrected chi connectivity index (χ0v) is 13.0. The number of ether oxygens (including phenoxy) is 1. The Morgan fingerprint density at radius 1 is 1.55 bits per heavy atom. The lowest BCUT2D eigenvalue weighted by atomic mass is 10.2. The molecule has 0 bridgehead atoms. The van der Waals surface area contributed by atoms with Crippen molar-refractivity contribution in [1.82, 2.24) is 15.2 Å². The van der Waals surface area contributed by atoms with Gasteiger partial charge in [-0.05, 0) is 13.3 Å². The molecule has 1 atom stereocenters. The molecule has 0 saturated carbocycles. The number of aromatic nitrogens is 1. The van der Waals surface area contributed by atoms with Crippen LogP contribution in [0.1, 0.15) is 37.0 Å². The highest BCUT2D eigenvalue weighted by molar-refractivity contribution is 7.09. The van der Waals surface area contributed by atoms with Gasteiger partial charge in [-0.1, -0.05) is 6.92 Å². The van der Waals surface area contributed by atoms with Crippen molar-refractivity contribution in [3.05, 3.63) is 16.1 Å². The van der Waals surface area contributed by atoms with Crippen LogP contribution in [0.4, 0.5) is 0 Å². The summed E-state index contributed by atoms with van der Waals surface area (Å²) in [5.41, 5.74) is 1.07. The summed E-state index contributed by atoms with van der Waals surface area (Å²) < 4.78 is 5.25. The summed E-state index contributed by atoms with van der Waals surface area (Å²) in [4.78, 5) is 18.4. The number of aryl methyl sites for hydroxylation is 1. The Hall–Kier alpha value is -0.980. The molecule has 2 heterocycles. The smallest absolute Gasteiger partial charge is 0.224 e. The van der Waals surface area contributed by atoms with E-state index in [4.69, 9.17) is 4.74 Å². The molecule has 0 radical (unpaired) electrons. The van der Waals surface area contributed by atoms with Crippen molar-refractivity contribution in [2.45, 2.75) is 32.7 Å². The molecular formula is C14H23N3O2S. The molecule has 0 aromatic carbocycles.